The third-order valence-electron chi connectivity index (χ3n) is 6.09. The van der Waals surface area contributed by atoms with E-state index in [2.05, 4.69) is 34.6 Å². The zero-order valence-electron chi connectivity index (χ0n) is 12.0. The first kappa shape index (κ1) is 12.5. The lowest BCUT2D eigenvalue weighted by atomic mass is 9.63. The van der Waals surface area contributed by atoms with Gasteiger partial charge >= 0.3 is 0 Å². The maximum atomic E-state index is 2.59. The van der Waals surface area contributed by atoms with Crippen molar-refractivity contribution in [3.05, 3.63) is 0 Å². The van der Waals surface area contributed by atoms with E-state index in [0.717, 1.165) is 28.6 Å². The highest BCUT2D eigenvalue weighted by Gasteiger charge is 2.82. The fourth-order valence-corrected chi connectivity index (χ4v) is 5.76. The molecular weight excluding hydrogens is 192 g/mol. The Hall–Kier alpha value is 0. The Morgan fingerprint density at radius 3 is 2.38 bits per heavy atom. The van der Waals surface area contributed by atoms with Crippen molar-refractivity contribution in [1.29, 1.82) is 0 Å². The molecule has 2 rings (SSSR count). The van der Waals surface area contributed by atoms with Crippen LogP contribution in [0.1, 0.15) is 73.1 Å². The molecule has 0 aromatic carbocycles. The van der Waals surface area contributed by atoms with E-state index in [1.807, 2.05) is 0 Å². The Kier molecular flexibility index (Phi) is 3.14. The highest BCUT2D eigenvalue weighted by molar-refractivity contribution is 5.29. The standard InChI is InChI=1S/C16H30/c1-6-9-12(4)14-15(5)11-13(8-3)16(14,15)10-7-2/h12-14H,6-11H2,1-5H3. The smallest absolute Gasteiger partial charge is 0.0176 e. The summed E-state index contributed by atoms with van der Waals surface area (Å²) in [5.74, 6) is 3.09. The first-order valence-electron chi connectivity index (χ1n) is 7.58. The molecule has 0 aliphatic heterocycles. The fourth-order valence-electron chi connectivity index (χ4n) is 5.76. The van der Waals surface area contributed by atoms with Crippen molar-refractivity contribution in [3.8, 4) is 0 Å². The zero-order chi connectivity index (χ0) is 12.0. The molecule has 2 aliphatic carbocycles. The van der Waals surface area contributed by atoms with Gasteiger partial charge in [-0.05, 0) is 41.4 Å². The summed E-state index contributed by atoms with van der Waals surface area (Å²) in [6, 6.07) is 0. The van der Waals surface area contributed by atoms with Crippen LogP contribution in [0.5, 0.6) is 0 Å². The van der Waals surface area contributed by atoms with Gasteiger partial charge in [-0.2, -0.15) is 0 Å². The molecule has 0 aromatic rings. The van der Waals surface area contributed by atoms with Crippen molar-refractivity contribution in [2.75, 3.05) is 0 Å². The monoisotopic (exact) mass is 222 g/mol. The molecule has 2 fully saturated rings. The molecule has 5 unspecified atom stereocenters. The normalized spacial score (nSPS) is 47.1. The number of hydrogen-bond donors (Lipinski definition) is 0. The summed E-state index contributed by atoms with van der Waals surface area (Å²) in [4.78, 5) is 0. The second kappa shape index (κ2) is 4.03. The fraction of sp³-hybridized carbons (Fsp3) is 1.00. The van der Waals surface area contributed by atoms with Crippen LogP contribution in [0, 0.1) is 28.6 Å². The lowest BCUT2D eigenvalue weighted by Gasteiger charge is -2.42. The highest BCUT2D eigenvalue weighted by atomic mass is 14.9. The minimum atomic E-state index is 0.748. The Morgan fingerprint density at radius 2 is 1.88 bits per heavy atom. The van der Waals surface area contributed by atoms with Crippen LogP contribution in [-0.4, -0.2) is 0 Å². The van der Waals surface area contributed by atoms with Gasteiger partial charge in [0.25, 0.3) is 0 Å². The summed E-state index contributed by atoms with van der Waals surface area (Å²) >= 11 is 0. The van der Waals surface area contributed by atoms with Crippen molar-refractivity contribution in [1.82, 2.24) is 0 Å². The summed E-state index contributed by atoms with van der Waals surface area (Å²) in [7, 11) is 0. The van der Waals surface area contributed by atoms with Crippen LogP contribution in [0.25, 0.3) is 0 Å². The van der Waals surface area contributed by atoms with E-state index >= 15 is 0 Å². The second-order valence-electron chi connectivity index (χ2n) is 6.76. The topological polar surface area (TPSA) is 0 Å². The van der Waals surface area contributed by atoms with Gasteiger partial charge in [0.2, 0.25) is 0 Å². The molecule has 94 valence electrons. The maximum Gasteiger partial charge on any atom is -0.0176 e. The van der Waals surface area contributed by atoms with Crippen LogP contribution in [-0.2, 0) is 0 Å². The molecule has 0 aromatic heterocycles. The first-order valence-corrected chi connectivity index (χ1v) is 7.58. The second-order valence-corrected chi connectivity index (χ2v) is 6.76. The Labute approximate surface area is 102 Å². The van der Waals surface area contributed by atoms with Crippen molar-refractivity contribution >= 4 is 0 Å². The van der Waals surface area contributed by atoms with Crippen molar-refractivity contribution in [2.45, 2.75) is 73.1 Å². The van der Waals surface area contributed by atoms with E-state index in [1.54, 1.807) is 0 Å². The molecule has 0 amide bonds. The number of fused-ring (bicyclic) bond motifs is 1. The SMILES string of the molecule is CCCC(C)C1C2(C)CC(CC)C12CCC. The van der Waals surface area contributed by atoms with E-state index in [-0.39, 0.29) is 0 Å². The van der Waals surface area contributed by atoms with Crippen LogP contribution in [0.3, 0.4) is 0 Å². The molecule has 0 spiro atoms. The third kappa shape index (κ3) is 1.28. The quantitative estimate of drug-likeness (QED) is 0.574. The molecule has 0 heteroatoms. The van der Waals surface area contributed by atoms with Crippen molar-refractivity contribution in [3.63, 3.8) is 0 Å². The van der Waals surface area contributed by atoms with E-state index in [1.165, 1.54) is 38.5 Å². The average molecular weight is 222 g/mol. The van der Waals surface area contributed by atoms with E-state index in [0.29, 0.717) is 0 Å². The number of rotatable bonds is 6. The molecule has 0 heterocycles. The van der Waals surface area contributed by atoms with Gasteiger partial charge in [0.15, 0.2) is 0 Å². The van der Waals surface area contributed by atoms with Gasteiger partial charge < -0.3 is 0 Å². The van der Waals surface area contributed by atoms with Crippen molar-refractivity contribution in [2.24, 2.45) is 28.6 Å². The van der Waals surface area contributed by atoms with Gasteiger partial charge in [0.1, 0.15) is 0 Å². The number of hydrogen-bond acceptors (Lipinski definition) is 0. The average Bonchev–Trinajstić information content (AvgIpc) is 2.64. The summed E-state index contributed by atoms with van der Waals surface area (Å²) in [6.45, 7) is 12.2. The predicted molar refractivity (Wildman–Crippen MR) is 71.4 cm³/mol. The molecule has 2 aliphatic rings. The van der Waals surface area contributed by atoms with Gasteiger partial charge in [0, 0.05) is 0 Å². The van der Waals surface area contributed by atoms with Crippen molar-refractivity contribution < 1.29 is 0 Å². The van der Waals surface area contributed by atoms with Crippen LogP contribution in [0.4, 0.5) is 0 Å². The Balaban J connectivity index is 2.11. The minimum Gasteiger partial charge on any atom is -0.0654 e. The minimum absolute atomic E-state index is 0.748. The van der Waals surface area contributed by atoms with Gasteiger partial charge in [-0.25, -0.2) is 0 Å². The first-order chi connectivity index (χ1) is 7.58. The van der Waals surface area contributed by atoms with E-state index in [4.69, 9.17) is 0 Å². The largest absolute Gasteiger partial charge is 0.0654 e. The lowest BCUT2D eigenvalue weighted by molar-refractivity contribution is 0.0706. The van der Waals surface area contributed by atoms with Gasteiger partial charge in [-0.15, -0.1) is 0 Å². The van der Waals surface area contributed by atoms with E-state index < -0.39 is 0 Å². The summed E-state index contributed by atoms with van der Waals surface area (Å²) in [6.07, 6.45) is 8.66. The van der Waals surface area contributed by atoms with Gasteiger partial charge in [-0.1, -0.05) is 60.3 Å². The van der Waals surface area contributed by atoms with Crippen LogP contribution < -0.4 is 0 Å². The lowest BCUT2D eigenvalue weighted by Crippen LogP contribution is -2.34. The molecule has 0 radical (unpaired) electrons. The molecule has 16 heavy (non-hydrogen) atoms. The zero-order valence-corrected chi connectivity index (χ0v) is 12.0. The third-order valence-corrected chi connectivity index (χ3v) is 6.09. The van der Waals surface area contributed by atoms with E-state index in [9.17, 15) is 0 Å². The molecule has 0 N–H and O–H groups in total. The summed E-state index contributed by atoms with van der Waals surface area (Å²) in [5, 5.41) is 0. The molecule has 5 atom stereocenters. The predicted octanol–water partition coefficient (Wildman–Crippen LogP) is 5.28. The maximum absolute atomic E-state index is 2.59. The molecule has 0 nitrogen and oxygen atoms in total. The Morgan fingerprint density at radius 1 is 1.19 bits per heavy atom. The molecule has 2 saturated carbocycles. The Bertz CT molecular complexity index is 257. The van der Waals surface area contributed by atoms with Crippen LogP contribution in [0.2, 0.25) is 0 Å². The molecular formula is C16H30. The summed E-state index contributed by atoms with van der Waals surface area (Å²) < 4.78 is 0. The van der Waals surface area contributed by atoms with Crippen LogP contribution in [0.15, 0.2) is 0 Å². The summed E-state index contributed by atoms with van der Waals surface area (Å²) in [5.41, 5.74) is 1.53. The highest BCUT2D eigenvalue weighted by Crippen LogP contribution is 2.88. The van der Waals surface area contributed by atoms with Gasteiger partial charge in [0.05, 0.1) is 0 Å². The van der Waals surface area contributed by atoms with Crippen LogP contribution >= 0.6 is 0 Å². The van der Waals surface area contributed by atoms with Gasteiger partial charge in [-0.3, -0.25) is 0 Å². The molecule has 0 saturated heterocycles. The molecule has 0 bridgehead atoms.